The highest BCUT2D eigenvalue weighted by molar-refractivity contribution is 5.77. The van der Waals surface area contributed by atoms with Crippen LogP contribution < -0.4 is 0 Å². The van der Waals surface area contributed by atoms with Crippen molar-refractivity contribution in [2.24, 2.45) is 0 Å². The van der Waals surface area contributed by atoms with Crippen molar-refractivity contribution in [2.75, 3.05) is 20.2 Å². The number of rotatable bonds is 6. The molecular formula is C13H20N2O2. The minimum Gasteiger partial charge on any atom is -0.369 e. The summed E-state index contributed by atoms with van der Waals surface area (Å²) in [6.45, 7) is 4.65. The Morgan fingerprint density at radius 2 is 2.24 bits per heavy atom. The largest absolute Gasteiger partial charge is 0.369 e. The van der Waals surface area contributed by atoms with E-state index in [1.165, 1.54) is 0 Å². The minimum atomic E-state index is 0.00892. The van der Waals surface area contributed by atoms with E-state index in [9.17, 15) is 4.79 Å². The second-order valence-corrected chi connectivity index (χ2v) is 4.25. The smallest absolute Gasteiger partial charge is 0.248 e. The van der Waals surface area contributed by atoms with Gasteiger partial charge in [-0.2, -0.15) is 0 Å². The lowest BCUT2D eigenvalue weighted by Gasteiger charge is -2.17. The van der Waals surface area contributed by atoms with Crippen LogP contribution in [0, 0.1) is 0 Å². The van der Waals surface area contributed by atoms with Gasteiger partial charge in [0.15, 0.2) is 0 Å². The summed E-state index contributed by atoms with van der Waals surface area (Å²) in [5.41, 5.74) is 0.997. The number of aromatic nitrogens is 1. The minimum absolute atomic E-state index is 0.00892. The molecule has 1 rings (SSSR count). The maximum Gasteiger partial charge on any atom is 0.248 e. The second kappa shape index (κ2) is 7.01. The molecule has 4 heteroatoms. The number of nitrogens with zero attached hydrogens (tertiary/aromatic N) is 2. The molecule has 0 aliphatic carbocycles. The zero-order valence-corrected chi connectivity index (χ0v) is 10.7. The summed E-state index contributed by atoms with van der Waals surface area (Å²) in [5.74, 6) is 0.00892. The molecule has 1 aromatic rings. The van der Waals surface area contributed by atoms with E-state index in [-0.39, 0.29) is 18.6 Å². The molecule has 0 radical (unpaired) electrons. The highest BCUT2D eigenvalue weighted by Crippen LogP contribution is 1.98. The molecule has 0 fully saturated rings. The van der Waals surface area contributed by atoms with Gasteiger partial charge in [0.25, 0.3) is 0 Å². The van der Waals surface area contributed by atoms with E-state index in [0.29, 0.717) is 6.54 Å². The first-order valence-electron chi connectivity index (χ1n) is 5.85. The molecule has 0 saturated heterocycles. The molecule has 17 heavy (non-hydrogen) atoms. The van der Waals surface area contributed by atoms with E-state index < -0.39 is 0 Å². The van der Waals surface area contributed by atoms with Crippen molar-refractivity contribution in [1.29, 1.82) is 0 Å². The molecule has 0 bridgehead atoms. The number of ether oxygens (including phenoxy) is 1. The fourth-order valence-corrected chi connectivity index (χ4v) is 1.30. The summed E-state index contributed by atoms with van der Waals surface area (Å²) in [5, 5.41) is 0. The number of carbonyl (C=O) groups is 1. The number of amides is 1. The number of likely N-dealkylation sites (N-methyl/N-ethyl adjacent to an activating group) is 1. The van der Waals surface area contributed by atoms with Gasteiger partial charge in [0.05, 0.1) is 6.10 Å². The van der Waals surface area contributed by atoms with Gasteiger partial charge < -0.3 is 9.64 Å². The summed E-state index contributed by atoms with van der Waals surface area (Å²) in [6.07, 6.45) is 2.62. The van der Waals surface area contributed by atoms with E-state index in [1.54, 1.807) is 18.1 Å². The van der Waals surface area contributed by atoms with Crippen LogP contribution in [0.4, 0.5) is 0 Å². The number of hydrogen-bond donors (Lipinski definition) is 0. The van der Waals surface area contributed by atoms with Gasteiger partial charge in [-0.25, -0.2) is 0 Å². The van der Waals surface area contributed by atoms with Gasteiger partial charge in [-0.15, -0.1) is 0 Å². The number of carbonyl (C=O) groups excluding carboxylic acids is 1. The Bertz CT molecular complexity index is 339. The predicted octanol–water partition coefficient (Wildman–Crippen LogP) is 1.51. The van der Waals surface area contributed by atoms with Gasteiger partial charge in [0, 0.05) is 31.9 Å². The molecule has 94 valence electrons. The molecule has 0 aliphatic heterocycles. The molecule has 0 aromatic carbocycles. The molecule has 0 atom stereocenters. The van der Waals surface area contributed by atoms with Gasteiger partial charge in [-0.05, 0) is 26.0 Å². The van der Waals surface area contributed by atoms with Crippen molar-refractivity contribution >= 4 is 5.91 Å². The Morgan fingerprint density at radius 3 is 2.82 bits per heavy atom. The van der Waals surface area contributed by atoms with Crippen molar-refractivity contribution in [3.63, 3.8) is 0 Å². The zero-order valence-electron chi connectivity index (χ0n) is 10.7. The van der Waals surface area contributed by atoms with E-state index in [0.717, 1.165) is 12.1 Å². The summed E-state index contributed by atoms with van der Waals surface area (Å²) in [7, 11) is 1.79. The van der Waals surface area contributed by atoms with Crippen LogP contribution in [0.25, 0.3) is 0 Å². The number of hydrogen-bond acceptors (Lipinski definition) is 3. The Kier molecular flexibility index (Phi) is 5.63. The monoisotopic (exact) mass is 236 g/mol. The van der Waals surface area contributed by atoms with Gasteiger partial charge in [0.2, 0.25) is 5.91 Å². The van der Waals surface area contributed by atoms with Crippen LogP contribution in [-0.4, -0.2) is 42.1 Å². The lowest BCUT2D eigenvalue weighted by atomic mass is 10.2. The summed E-state index contributed by atoms with van der Waals surface area (Å²) >= 11 is 0. The Morgan fingerprint density at radius 1 is 1.47 bits per heavy atom. The van der Waals surface area contributed by atoms with E-state index in [1.807, 2.05) is 32.0 Å². The average molecular weight is 236 g/mol. The quantitative estimate of drug-likeness (QED) is 0.752. The van der Waals surface area contributed by atoms with Crippen molar-refractivity contribution in [3.8, 4) is 0 Å². The van der Waals surface area contributed by atoms with Crippen LogP contribution in [0.15, 0.2) is 24.4 Å². The van der Waals surface area contributed by atoms with Crippen molar-refractivity contribution in [2.45, 2.75) is 26.4 Å². The molecule has 1 amide bonds. The van der Waals surface area contributed by atoms with Crippen molar-refractivity contribution < 1.29 is 9.53 Å². The zero-order chi connectivity index (χ0) is 12.7. The Balaban J connectivity index is 2.29. The first-order chi connectivity index (χ1) is 8.09. The first kappa shape index (κ1) is 13.6. The maximum absolute atomic E-state index is 11.6. The number of pyridine rings is 1. The summed E-state index contributed by atoms with van der Waals surface area (Å²) < 4.78 is 5.27. The lowest BCUT2D eigenvalue weighted by Crippen LogP contribution is -2.32. The van der Waals surface area contributed by atoms with E-state index >= 15 is 0 Å². The molecule has 0 unspecified atom stereocenters. The summed E-state index contributed by atoms with van der Waals surface area (Å²) in [6, 6.07) is 5.80. The first-order valence-corrected chi connectivity index (χ1v) is 5.85. The lowest BCUT2D eigenvalue weighted by molar-refractivity contribution is -0.136. The Hall–Kier alpha value is -1.42. The normalized spacial score (nSPS) is 10.6. The third-order valence-electron chi connectivity index (χ3n) is 2.40. The van der Waals surface area contributed by atoms with E-state index in [4.69, 9.17) is 4.74 Å². The van der Waals surface area contributed by atoms with Crippen LogP contribution in [0.1, 0.15) is 19.5 Å². The average Bonchev–Trinajstić information content (AvgIpc) is 2.34. The van der Waals surface area contributed by atoms with Crippen LogP contribution in [-0.2, 0) is 16.0 Å². The molecule has 0 aliphatic rings. The van der Waals surface area contributed by atoms with Gasteiger partial charge in [0.1, 0.15) is 6.61 Å². The molecule has 1 aromatic heterocycles. The Labute approximate surface area is 103 Å². The predicted molar refractivity (Wildman–Crippen MR) is 66.7 cm³/mol. The molecule has 0 saturated carbocycles. The topological polar surface area (TPSA) is 42.4 Å². The van der Waals surface area contributed by atoms with Gasteiger partial charge >= 0.3 is 0 Å². The van der Waals surface area contributed by atoms with Crippen LogP contribution in [0.2, 0.25) is 0 Å². The molecule has 1 heterocycles. The fraction of sp³-hybridized carbons (Fsp3) is 0.538. The maximum atomic E-state index is 11.6. The molecule has 0 N–H and O–H groups in total. The molecule has 0 spiro atoms. The molecule has 4 nitrogen and oxygen atoms in total. The SMILES string of the molecule is CC(C)OCC(=O)N(C)CCc1ccccn1. The second-order valence-electron chi connectivity index (χ2n) is 4.25. The summed E-state index contributed by atoms with van der Waals surface area (Å²) in [4.78, 5) is 17.5. The van der Waals surface area contributed by atoms with Crippen molar-refractivity contribution in [1.82, 2.24) is 9.88 Å². The molecular weight excluding hydrogens is 216 g/mol. The highest BCUT2D eigenvalue weighted by atomic mass is 16.5. The van der Waals surface area contributed by atoms with Crippen LogP contribution in [0.3, 0.4) is 0 Å². The fourth-order valence-electron chi connectivity index (χ4n) is 1.30. The van der Waals surface area contributed by atoms with Crippen LogP contribution in [0.5, 0.6) is 0 Å². The third kappa shape index (κ3) is 5.45. The van der Waals surface area contributed by atoms with Crippen molar-refractivity contribution in [3.05, 3.63) is 30.1 Å². The van der Waals surface area contributed by atoms with Gasteiger partial charge in [-0.1, -0.05) is 6.07 Å². The highest BCUT2D eigenvalue weighted by Gasteiger charge is 2.09. The van der Waals surface area contributed by atoms with Crippen LogP contribution >= 0.6 is 0 Å². The van der Waals surface area contributed by atoms with E-state index in [2.05, 4.69) is 4.98 Å². The van der Waals surface area contributed by atoms with Gasteiger partial charge in [-0.3, -0.25) is 9.78 Å². The third-order valence-corrected chi connectivity index (χ3v) is 2.40. The standard InChI is InChI=1S/C13H20N2O2/c1-11(2)17-10-13(16)15(3)9-7-12-6-4-5-8-14-12/h4-6,8,11H,7,9-10H2,1-3H3.